The number of benzene rings is 2. The first-order valence-electron chi connectivity index (χ1n) is 10.4. The number of aryl methyl sites for hydroxylation is 1. The van der Waals surface area contributed by atoms with E-state index in [2.05, 4.69) is 34.9 Å². The predicted octanol–water partition coefficient (Wildman–Crippen LogP) is 2.13. The molecule has 6 nitrogen and oxygen atoms in total. The standard InChI is InChI=1S/C23H27FN4O2/c1-18-3-2-4-21(17-18)26-11-15-28(16-12-26)23(30)22(29)27-13-9-25(10-14-27)20-7-5-19(24)6-8-20/h2-8,17H,9-16H2,1H3. The van der Waals surface area contributed by atoms with E-state index in [1.54, 1.807) is 21.9 Å². The SMILES string of the molecule is Cc1cccc(N2CCN(C(=O)C(=O)N3CCN(c4ccc(F)cc4)CC3)CC2)c1. The van der Waals surface area contributed by atoms with Crippen molar-refractivity contribution in [3.8, 4) is 0 Å². The highest BCUT2D eigenvalue weighted by atomic mass is 19.1. The molecule has 0 unspecified atom stereocenters. The van der Waals surface area contributed by atoms with Crippen molar-refractivity contribution in [2.45, 2.75) is 6.92 Å². The second kappa shape index (κ2) is 8.73. The third kappa shape index (κ3) is 4.40. The van der Waals surface area contributed by atoms with Crippen LogP contribution in [0, 0.1) is 12.7 Å². The van der Waals surface area contributed by atoms with Gasteiger partial charge in [-0.15, -0.1) is 0 Å². The quantitative estimate of drug-likeness (QED) is 0.712. The number of hydrogen-bond acceptors (Lipinski definition) is 4. The number of carbonyl (C=O) groups is 2. The first-order valence-corrected chi connectivity index (χ1v) is 10.4. The predicted molar refractivity (Wildman–Crippen MR) is 115 cm³/mol. The number of carbonyl (C=O) groups excluding carboxylic acids is 2. The molecule has 30 heavy (non-hydrogen) atoms. The Morgan fingerprint density at radius 3 is 1.70 bits per heavy atom. The van der Waals surface area contributed by atoms with Gasteiger partial charge >= 0.3 is 11.8 Å². The number of halogens is 1. The van der Waals surface area contributed by atoms with Gasteiger partial charge in [0.15, 0.2) is 0 Å². The van der Waals surface area contributed by atoms with Crippen LogP contribution < -0.4 is 9.80 Å². The Bertz CT molecular complexity index is 902. The average molecular weight is 410 g/mol. The zero-order valence-corrected chi connectivity index (χ0v) is 17.3. The van der Waals surface area contributed by atoms with E-state index in [1.807, 2.05) is 6.07 Å². The molecule has 0 N–H and O–H groups in total. The zero-order chi connectivity index (χ0) is 21.1. The summed E-state index contributed by atoms with van der Waals surface area (Å²) in [5, 5.41) is 0. The van der Waals surface area contributed by atoms with E-state index >= 15 is 0 Å². The van der Waals surface area contributed by atoms with Gasteiger partial charge in [0.25, 0.3) is 0 Å². The van der Waals surface area contributed by atoms with E-state index < -0.39 is 11.8 Å². The summed E-state index contributed by atoms with van der Waals surface area (Å²) in [6.45, 7) is 6.86. The highest BCUT2D eigenvalue weighted by molar-refractivity contribution is 6.35. The van der Waals surface area contributed by atoms with Crippen LogP contribution in [0.1, 0.15) is 5.56 Å². The largest absolute Gasteiger partial charge is 0.368 e. The highest BCUT2D eigenvalue weighted by Gasteiger charge is 2.31. The van der Waals surface area contributed by atoms with E-state index in [4.69, 9.17) is 0 Å². The average Bonchev–Trinajstić information content (AvgIpc) is 2.79. The number of hydrogen-bond donors (Lipinski definition) is 0. The van der Waals surface area contributed by atoms with Crippen LogP contribution in [-0.4, -0.2) is 74.0 Å². The molecule has 158 valence electrons. The van der Waals surface area contributed by atoms with Gasteiger partial charge < -0.3 is 19.6 Å². The van der Waals surface area contributed by atoms with E-state index in [9.17, 15) is 14.0 Å². The van der Waals surface area contributed by atoms with Gasteiger partial charge in [-0.05, 0) is 48.9 Å². The molecule has 2 amide bonds. The molecule has 2 aromatic carbocycles. The second-order valence-corrected chi connectivity index (χ2v) is 7.87. The van der Waals surface area contributed by atoms with Crippen LogP contribution in [0.15, 0.2) is 48.5 Å². The molecular formula is C23H27FN4O2. The van der Waals surface area contributed by atoms with Crippen molar-refractivity contribution in [2.24, 2.45) is 0 Å². The highest BCUT2D eigenvalue weighted by Crippen LogP contribution is 2.19. The maximum absolute atomic E-state index is 13.1. The molecule has 2 aromatic rings. The summed E-state index contributed by atoms with van der Waals surface area (Å²) >= 11 is 0. The Balaban J connectivity index is 1.28. The second-order valence-electron chi connectivity index (χ2n) is 7.87. The maximum atomic E-state index is 13.1. The van der Waals surface area contributed by atoms with E-state index in [0.29, 0.717) is 39.3 Å². The zero-order valence-electron chi connectivity index (χ0n) is 17.3. The summed E-state index contributed by atoms with van der Waals surface area (Å²) in [5.41, 5.74) is 3.30. The summed E-state index contributed by atoms with van der Waals surface area (Å²) in [6.07, 6.45) is 0. The van der Waals surface area contributed by atoms with E-state index in [-0.39, 0.29) is 5.82 Å². The molecule has 2 aliphatic rings. The van der Waals surface area contributed by atoms with Gasteiger partial charge in [0.1, 0.15) is 5.82 Å². The van der Waals surface area contributed by atoms with Gasteiger partial charge in [-0.25, -0.2) is 4.39 Å². The summed E-state index contributed by atoms with van der Waals surface area (Å²) in [5.74, 6) is -1.09. The molecule has 0 aromatic heterocycles. The smallest absolute Gasteiger partial charge is 0.312 e. The molecule has 2 fully saturated rings. The third-order valence-electron chi connectivity index (χ3n) is 5.88. The monoisotopic (exact) mass is 410 g/mol. The van der Waals surface area contributed by atoms with Crippen LogP contribution in [0.4, 0.5) is 15.8 Å². The van der Waals surface area contributed by atoms with Crippen molar-refractivity contribution in [3.63, 3.8) is 0 Å². The van der Waals surface area contributed by atoms with E-state index in [0.717, 1.165) is 24.5 Å². The Morgan fingerprint density at radius 2 is 1.20 bits per heavy atom. The number of anilines is 2. The molecule has 7 heteroatoms. The van der Waals surface area contributed by atoms with Crippen LogP contribution in [0.5, 0.6) is 0 Å². The molecule has 0 saturated carbocycles. The molecule has 2 saturated heterocycles. The minimum atomic E-state index is -0.419. The molecule has 0 radical (unpaired) electrons. The fourth-order valence-corrected chi connectivity index (χ4v) is 4.08. The number of nitrogens with zero attached hydrogens (tertiary/aromatic N) is 4. The first-order chi connectivity index (χ1) is 14.5. The van der Waals surface area contributed by atoms with Crippen LogP contribution >= 0.6 is 0 Å². The summed E-state index contributed by atoms with van der Waals surface area (Å²) in [7, 11) is 0. The van der Waals surface area contributed by atoms with Crippen molar-refractivity contribution in [2.75, 3.05) is 62.2 Å². The van der Waals surface area contributed by atoms with Crippen molar-refractivity contribution < 1.29 is 14.0 Å². The third-order valence-corrected chi connectivity index (χ3v) is 5.88. The van der Waals surface area contributed by atoms with Crippen molar-refractivity contribution in [3.05, 3.63) is 59.9 Å². The lowest BCUT2D eigenvalue weighted by Gasteiger charge is -2.38. The van der Waals surface area contributed by atoms with Crippen molar-refractivity contribution in [1.82, 2.24) is 9.80 Å². The summed E-state index contributed by atoms with van der Waals surface area (Å²) in [6, 6.07) is 14.7. The Kier molecular flexibility index (Phi) is 5.88. The van der Waals surface area contributed by atoms with Crippen LogP contribution in [0.25, 0.3) is 0 Å². The lowest BCUT2D eigenvalue weighted by molar-refractivity contribution is -0.152. The van der Waals surface area contributed by atoms with Gasteiger partial charge in [-0.2, -0.15) is 0 Å². The van der Waals surface area contributed by atoms with Crippen molar-refractivity contribution in [1.29, 1.82) is 0 Å². The van der Waals surface area contributed by atoms with Crippen molar-refractivity contribution >= 4 is 23.2 Å². The molecule has 0 bridgehead atoms. The molecule has 2 heterocycles. The fraction of sp³-hybridized carbons (Fsp3) is 0.391. The number of piperazine rings is 2. The Morgan fingerprint density at radius 1 is 0.700 bits per heavy atom. The van der Waals surface area contributed by atoms with Crippen LogP contribution in [-0.2, 0) is 9.59 Å². The topological polar surface area (TPSA) is 47.1 Å². The van der Waals surface area contributed by atoms with Gasteiger partial charge in [0, 0.05) is 63.7 Å². The normalized spacial score (nSPS) is 17.3. The minimum Gasteiger partial charge on any atom is -0.368 e. The number of rotatable bonds is 2. The van der Waals surface area contributed by atoms with Gasteiger partial charge in [-0.1, -0.05) is 12.1 Å². The molecule has 0 atom stereocenters. The van der Waals surface area contributed by atoms with E-state index in [1.165, 1.54) is 17.7 Å². The van der Waals surface area contributed by atoms with Gasteiger partial charge in [0.05, 0.1) is 0 Å². The lowest BCUT2D eigenvalue weighted by atomic mass is 10.2. The maximum Gasteiger partial charge on any atom is 0.312 e. The fourth-order valence-electron chi connectivity index (χ4n) is 4.08. The molecule has 2 aliphatic heterocycles. The lowest BCUT2D eigenvalue weighted by Crippen LogP contribution is -2.56. The molecular weight excluding hydrogens is 383 g/mol. The number of amides is 2. The summed E-state index contributed by atoms with van der Waals surface area (Å²) < 4.78 is 13.1. The van der Waals surface area contributed by atoms with Gasteiger partial charge in [-0.3, -0.25) is 9.59 Å². The van der Waals surface area contributed by atoms with Crippen LogP contribution in [0.2, 0.25) is 0 Å². The van der Waals surface area contributed by atoms with Gasteiger partial charge in [0.2, 0.25) is 0 Å². The first kappa shape index (κ1) is 20.2. The Labute approximate surface area is 176 Å². The minimum absolute atomic E-state index is 0.263. The Hall–Kier alpha value is -3.09. The molecule has 0 aliphatic carbocycles. The summed E-state index contributed by atoms with van der Waals surface area (Å²) in [4.78, 5) is 33.1. The molecule has 0 spiro atoms. The van der Waals surface area contributed by atoms with Crippen LogP contribution in [0.3, 0.4) is 0 Å². The molecule has 4 rings (SSSR count).